The van der Waals surface area contributed by atoms with Gasteiger partial charge in [-0.25, -0.2) is 55.3 Å². The molecule has 4 amide bonds. The van der Waals surface area contributed by atoms with Crippen molar-refractivity contribution in [1.82, 2.24) is 75.5 Å². The number of hydrogen-bond acceptors (Lipinski definition) is 23. The maximum absolute atomic E-state index is 15.1. The Morgan fingerprint density at radius 1 is 0.431 bits per heavy atom. The van der Waals surface area contributed by atoms with E-state index in [1.54, 1.807) is 126 Å². The number of sulfone groups is 1. The van der Waals surface area contributed by atoms with Crippen LogP contribution in [-0.2, 0) is 27.7 Å². The first-order valence-corrected chi connectivity index (χ1v) is 46.4. The number of nitrogens with two attached hydrogens (primary N) is 4. The lowest BCUT2D eigenvalue weighted by Gasteiger charge is -2.29. The topological polar surface area (TPSA) is 463 Å². The highest BCUT2D eigenvalue weighted by Gasteiger charge is 2.30. The monoisotopic (exact) mass is 1890 g/mol. The molecule has 1 saturated heterocycles. The van der Waals surface area contributed by atoms with Gasteiger partial charge in [0.25, 0.3) is 23.6 Å². The minimum absolute atomic E-state index is 0.0142. The van der Waals surface area contributed by atoms with E-state index in [0.29, 0.717) is 64.4 Å². The van der Waals surface area contributed by atoms with Gasteiger partial charge in [-0.2, -0.15) is 15.3 Å². The van der Waals surface area contributed by atoms with Gasteiger partial charge in [0.15, 0.2) is 9.84 Å². The molecule has 1 saturated carbocycles. The molecule has 7 aromatic carbocycles. The third-order valence-corrected chi connectivity index (χ3v) is 24.7. The van der Waals surface area contributed by atoms with Gasteiger partial charge >= 0.3 is 0 Å². The van der Waals surface area contributed by atoms with Gasteiger partial charge in [0.2, 0.25) is 0 Å². The summed E-state index contributed by atoms with van der Waals surface area (Å²) in [5, 5.41) is 62.3. The molecule has 2 fully saturated rings. The largest absolute Gasteiger partial charge is 0.394 e. The fourth-order valence-corrected chi connectivity index (χ4v) is 16.5. The fourth-order valence-electron chi connectivity index (χ4n) is 15.9. The van der Waals surface area contributed by atoms with Crippen LogP contribution in [0.4, 0.5) is 45.2 Å². The molecule has 1 aliphatic carbocycles. The predicted molar refractivity (Wildman–Crippen MR) is 511 cm³/mol. The Hall–Kier alpha value is -14.8. The summed E-state index contributed by atoms with van der Waals surface area (Å²) in [6, 6.07) is 40.6. The molecule has 2 aliphatic rings. The summed E-state index contributed by atoms with van der Waals surface area (Å²) < 4.78 is 108. The standard InChI is InChI=1S/C26H25F2N5O4S.C26H26FN5O2.C25H24FN5O2.C24H31FN4O3/c1-3-33-13-18(12-31-33)17-8-22(25(29)30-11-17)15-4-5-21(23(28)9-15)26(35)32-24(14-34)16-6-19(27)10-20(7-16)38(2,36)37;1-16(2)32-14-20(13-30-32)19-10-22(25(28)29-12-19)18-8-9-21(23(27)11-18)26(34)31-24(15-33)17-6-4-3-5-7-17;1-2-31-14-19(13-29-31)18-10-21(24(27)28-12-18)17-8-9-20(22(26)11-17)25(33)30-23(15-32)16-6-4-3-5-7-16;25-19-12-17(22-23(26)27-13-20(28-22)16-8-10-32-11-9-16)6-7-18(19)24(31)29-21(14-30)15-4-2-1-3-5-15/h4-13,24,34H,3,14H2,1-2H3,(H2,29,30)(H,32,35);3-14,16,24,33H,15H2,1-2H3,(H2,28,29)(H,31,34);3-14,23,32H,2,15H2,1H3,(H2,27,28)(H,30,33);6-7,12-13,15-16,21,30H,1-5,8-11,14H2,(H2,26,27)(H,29,31)/t2*24-;23-;21-/m1111/s1. The maximum Gasteiger partial charge on any atom is 0.254 e. The van der Waals surface area contributed by atoms with Crippen molar-refractivity contribution < 1.29 is 74.7 Å². The Morgan fingerprint density at radius 2 is 0.825 bits per heavy atom. The second kappa shape index (κ2) is 45.9. The molecule has 30 nitrogen and oxygen atoms in total. The SMILES string of the molecule is CC(C)n1cc(-c2cnc(N)c(-c3ccc(C(=O)N[C@H](CO)c4ccccc4)c(F)c3)c2)cn1.CCn1cc(-c2cnc(N)c(-c3ccc(C(=O)N[C@H](CO)c4cc(F)cc(S(C)(=O)=O)c4)c(F)c3)c2)cn1.CCn1cc(-c2cnc(N)c(-c3ccc(C(=O)N[C@H](CO)c4ccccc4)c(F)c3)c2)cn1.Nc1ncc(C2CCOCC2)nc1-c1ccc(C(=O)N[C@H](CO)C2CCCCC2)c(F)c1. The molecule has 36 heteroatoms. The first-order valence-electron chi connectivity index (χ1n) is 44.5. The summed E-state index contributed by atoms with van der Waals surface area (Å²) in [5.41, 5.74) is 34.6. The normalized spacial score (nSPS) is 13.7. The van der Waals surface area contributed by atoms with Crippen LogP contribution < -0.4 is 44.2 Å². The van der Waals surface area contributed by atoms with E-state index < -0.39 is 87.3 Å². The molecule has 7 aromatic heterocycles. The van der Waals surface area contributed by atoms with Gasteiger partial charge in [0.05, 0.1) is 108 Å². The van der Waals surface area contributed by atoms with Crippen molar-refractivity contribution in [3.05, 3.63) is 306 Å². The van der Waals surface area contributed by atoms with Crippen LogP contribution in [0.15, 0.2) is 237 Å². The third kappa shape index (κ3) is 25.0. The number of nitrogens with one attached hydrogen (secondary N) is 4. The highest BCUT2D eigenvalue weighted by Crippen LogP contribution is 2.38. The summed E-state index contributed by atoms with van der Waals surface area (Å²) in [4.78, 5) is 72.3. The molecule has 14 aromatic rings. The number of amides is 4. The maximum atomic E-state index is 15.1. The highest BCUT2D eigenvalue weighted by atomic mass is 32.2. The zero-order valence-corrected chi connectivity index (χ0v) is 76.6. The molecular weight excluding hydrogens is 1780 g/mol. The van der Waals surface area contributed by atoms with Crippen molar-refractivity contribution in [1.29, 1.82) is 0 Å². The van der Waals surface area contributed by atoms with Crippen LogP contribution in [0.3, 0.4) is 0 Å². The van der Waals surface area contributed by atoms with Crippen LogP contribution in [-0.4, -0.2) is 159 Å². The molecule has 0 unspecified atom stereocenters. The van der Waals surface area contributed by atoms with Crippen LogP contribution in [0.2, 0.25) is 0 Å². The Balaban J connectivity index is 0.000000155. The van der Waals surface area contributed by atoms with Gasteiger partial charge in [-0.3, -0.25) is 33.2 Å². The molecule has 137 heavy (non-hydrogen) atoms. The lowest BCUT2D eigenvalue weighted by atomic mass is 9.84. The summed E-state index contributed by atoms with van der Waals surface area (Å²) in [5.74, 6) is -5.06. The van der Waals surface area contributed by atoms with Crippen molar-refractivity contribution in [3.8, 4) is 78.0 Å². The lowest BCUT2D eigenvalue weighted by Crippen LogP contribution is -2.43. The van der Waals surface area contributed by atoms with E-state index in [1.165, 1.54) is 55.0 Å². The first-order chi connectivity index (χ1) is 65.9. The molecule has 0 spiro atoms. The average Bonchev–Trinajstić information content (AvgIpc) is 1.72. The number of halogens is 5. The second-order valence-electron chi connectivity index (χ2n) is 33.2. The van der Waals surface area contributed by atoms with Gasteiger partial charge in [0, 0.05) is 137 Å². The van der Waals surface area contributed by atoms with Crippen LogP contribution in [0.1, 0.15) is 167 Å². The summed E-state index contributed by atoms with van der Waals surface area (Å²) in [6.45, 7) is 9.37. The number of carbonyl (C=O) groups is 4. The fraction of sp³-hybridized carbons (Fsp3) is 0.267. The highest BCUT2D eigenvalue weighted by molar-refractivity contribution is 7.90. The number of benzene rings is 7. The van der Waals surface area contributed by atoms with Crippen molar-refractivity contribution in [3.63, 3.8) is 0 Å². The molecule has 16 N–H and O–H groups in total. The second-order valence-corrected chi connectivity index (χ2v) is 35.3. The smallest absolute Gasteiger partial charge is 0.254 e. The quantitative estimate of drug-likeness (QED) is 0.0203. The molecule has 0 bridgehead atoms. The van der Waals surface area contributed by atoms with Crippen LogP contribution >= 0.6 is 0 Å². The van der Waals surface area contributed by atoms with E-state index >= 15 is 4.39 Å². The summed E-state index contributed by atoms with van der Waals surface area (Å²) in [6.07, 6.45) is 25.3. The Bertz CT molecular complexity index is 6720. The number of nitrogens with zero attached hydrogens (tertiary/aromatic N) is 11. The zero-order valence-electron chi connectivity index (χ0n) is 75.8. The molecule has 712 valence electrons. The van der Waals surface area contributed by atoms with E-state index in [4.69, 9.17) is 27.7 Å². The first kappa shape index (κ1) is 99.7. The number of pyridine rings is 3. The summed E-state index contributed by atoms with van der Waals surface area (Å²) in [7, 11) is -3.75. The number of aliphatic hydroxyl groups excluding tert-OH is 4. The molecule has 0 radical (unpaired) electrons. The van der Waals surface area contributed by atoms with Gasteiger partial charge in [0.1, 0.15) is 58.1 Å². The van der Waals surface area contributed by atoms with Crippen LogP contribution in [0.25, 0.3) is 78.0 Å². The number of hydrogen-bond donors (Lipinski definition) is 12. The minimum Gasteiger partial charge on any atom is -0.394 e. The predicted octanol–water partition coefficient (Wildman–Crippen LogP) is 15.0. The van der Waals surface area contributed by atoms with Gasteiger partial charge in [-0.15, -0.1) is 0 Å². The minimum atomic E-state index is -3.75. The number of aliphatic hydroxyl groups is 4. The number of nitrogen functional groups attached to an aromatic ring is 4. The van der Waals surface area contributed by atoms with Gasteiger partial charge in [-0.1, -0.05) is 104 Å². The molecule has 8 heterocycles. The number of anilines is 4. The third-order valence-electron chi connectivity index (χ3n) is 23.6. The van der Waals surface area contributed by atoms with E-state index in [-0.39, 0.29) is 99.7 Å². The number of rotatable bonds is 28. The molecule has 1 aliphatic heterocycles. The van der Waals surface area contributed by atoms with Gasteiger partial charge in [-0.05, 0) is 178 Å². The zero-order chi connectivity index (χ0) is 97.7. The van der Waals surface area contributed by atoms with Crippen LogP contribution in [0.5, 0.6) is 0 Å². The van der Waals surface area contributed by atoms with Crippen molar-refractivity contribution in [2.45, 2.75) is 127 Å². The van der Waals surface area contributed by atoms with Gasteiger partial charge < -0.3 is 69.4 Å². The van der Waals surface area contributed by atoms with Crippen molar-refractivity contribution in [2.75, 3.05) is 68.8 Å². The number of aryl methyl sites for hydroxylation is 2. The molecular formula is C101H106F5N19O11S. The lowest BCUT2D eigenvalue weighted by molar-refractivity contribution is 0.0844. The summed E-state index contributed by atoms with van der Waals surface area (Å²) >= 11 is 0. The van der Waals surface area contributed by atoms with Crippen molar-refractivity contribution >= 4 is 56.7 Å². The number of ether oxygens (including phenoxy) is 1. The van der Waals surface area contributed by atoms with Crippen molar-refractivity contribution in [2.24, 2.45) is 5.92 Å². The van der Waals surface area contributed by atoms with E-state index in [0.717, 1.165) is 126 Å². The average molecular weight is 1890 g/mol. The Morgan fingerprint density at radius 3 is 1.21 bits per heavy atom. The molecule has 4 atom stereocenters. The van der Waals surface area contributed by atoms with Crippen LogP contribution in [0, 0.1) is 35.0 Å². The van der Waals surface area contributed by atoms with E-state index in [2.05, 4.69) is 61.5 Å². The van der Waals surface area contributed by atoms with E-state index in [9.17, 15) is 65.6 Å². The Kier molecular flexibility index (Phi) is 33.4. The molecule has 16 rings (SSSR count). The van der Waals surface area contributed by atoms with E-state index in [1.807, 2.05) is 75.2 Å². The number of aromatic nitrogens is 11. The number of carbonyl (C=O) groups excluding carboxylic acids is 4. The Labute approximate surface area is 787 Å².